The van der Waals surface area contributed by atoms with Crippen molar-refractivity contribution < 1.29 is 14.4 Å². The fraction of sp³-hybridized carbons (Fsp3) is 0.286. The highest BCUT2D eigenvalue weighted by Crippen LogP contribution is 2.34. The molecule has 218 valence electrons. The lowest BCUT2D eigenvalue weighted by Crippen LogP contribution is -2.52. The third kappa shape index (κ3) is 6.80. The molecule has 0 aliphatic carbocycles. The second-order valence-electron chi connectivity index (χ2n) is 11.4. The summed E-state index contributed by atoms with van der Waals surface area (Å²) in [6.45, 7) is 1.76. The van der Waals surface area contributed by atoms with Gasteiger partial charge in [0.2, 0.25) is 11.8 Å². The highest BCUT2D eigenvalue weighted by Gasteiger charge is 2.37. The molecule has 2 fully saturated rings. The van der Waals surface area contributed by atoms with E-state index in [9.17, 15) is 14.4 Å². The Balaban J connectivity index is 1.10. The smallest absolute Gasteiger partial charge is 0.231 e. The number of aromatic nitrogens is 2. The standard InChI is InChI=1S/C35H35N5O3/c41-32(20-25-8-3-1-4-9-25)31-22-28(17-19-40(31)34(42)21-26-10-5-2-6-11-26)27-13-15-30(16-14-27)37-35(43)29-23-39(24-29)33-12-7-18-36-38-33/h1-16,18,28-29,31H,17,19-24H2,(H,37,43). The maximum absolute atomic E-state index is 13.6. The number of ketones is 1. The van der Waals surface area contributed by atoms with E-state index in [2.05, 4.69) is 15.5 Å². The van der Waals surface area contributed by atoms with Crippen molar-refractivity contribution in [3.05, 3.63) is 120 Å². The van der Waals surface area contributed by atoms with Gasteiger partial charge in [-0.1, -0.05) is 72.8 Å². The molecule has 0 bridgehead atoms. The molecule has 2 unspecified atom stereocenters. The molecular formula is C35H35N5O3. The summed E-state index contributed by atoms with van der Waals surface area (Å²) in [6, 6.07) is 30.6. The lowest BCUT2D eigenvalue weighted by Gasteiger charge is -2.39. The largest absolute Gasteiger partial charge is 0.353 e. The molecule has 0 saturated carbocycles. The summed E-state index contributed by atoms with van der Waals surface area (Å²) in [6.07, 6.45) is 3.58. The van der Waals surface area contributed by atoms with Crippen LogP contribution in [0.15, 0.2) is 103 Å². The summed E-state index contributed by atoms with van der Waals surface area (Å²) < 4.78 is 0. The topological polar surface area (TPSA) is 95.5 Å². The molecule has 2 atom stereocenters. The van der Waals surface area contributed by atoms with Gasteiger partial charge in [0.1, 0.15) is 0 Å². The second kappa shape index (κ2) is 13.0. The fourth-order valence-corrected chi connectivity index (χ4v) is 6.04. The van der Waals surface area contributed by atoms with Crippen LogP contribution < -0.4 is 10.2 Å². The minimum atomic E-state index is -0.481. The van der Waals surface area contributed by atoms with Crippen LogP contribution in [-0.2, 0) is 27.2 Å². The van der Waals surface area contributed by atoms with Crippen molar-refractivity contribution in [2.24, 2.45) is 5.92 Å². The van der Waals surface area contributed by atoms with Crippen LogP contribution in [0, 0.1) is 5.92 Å². The molecule has 2 aliphatic heterocycles. The quantitative estimate of drug-likeness (QED) is 0.313. The zero-order chi connectivity index (χ0) is 29.6. The van der Waals surface area contributed by atoms with E-state index in [-0.39, 0.29) is 35.9 Å². The van der Waals surface area contributed by atoms with Gasteiger partial charge >= 0.3 is 0 Å². The molecule has 8 nitrogen and oxygen atoms in total. The minimum absolute atomic E-state index is 0.00954. The predicted octanol–water partition coefficient (Wildman–Crippen LogP) is 4.68. The van der Waals surface area contributed by atoms with Crippen LogP contribution in [0.1, 0.15) is 35.4 Å². The van der Waals surface area contributed by atoms with Crippen molar-refractivity contribution in [2.75, 3.05) is 29.9 Å². The van der Waals surface area contributed by atoms with Gasteiger partial charge in [-0.2, -0.15) is 5.10 Å². The summed E-state index contributed by atoms with van der Waals surface area (Å²) in [5, 5.41) is 11.0. The summed E-state index contributed by atoms with van der Waals surface area (Å²) in [7, 11) is 0. The molecule has 6 rings (SSSR count). The maximum atomic E-state index is 13.6. The number of anilines is 2. The predicted molar refractivity (Wildman–Crippen MR) is 166 cm³/mol. The van der Waals surface area contributed by atoms with E-state index in [1.165, 1.54) is 0 Å². The summed E-state index contributed by atoms with van der Waals surface area (Å²) in [5.74, 6) is 0.868. The van der Waals surface area contributed by atoms with E-state index in [0.717, 1.165) is 34.6 Å². The second-order valence-corrected chi connectivity index (χ2v) is 11.4. The van der Waals surface area contributed by atoms with Crippen molar-refractivity contribution >= 4 is 29.1 Å². The van der Waals surface area contributed by atoms with Crippen molar-refractivity contribution in [2.45, 2.75) is 37.6 Å². The monoisotopic (exact) mass is 573 g/mol. The number of nitrogens with one attached hydrogen (secondary N) is 1. The Morgan fingerprint density at radius 1 is 0.791 bits per heavy atom. The normalized spacial score (nSPS) is 18.5. The van der Waals surface area contributed by atoms with E-state index >= 15 is 0 Å². The molecule has 3 aromatic carbocycles. The average Bonchev–Trinajstić information content (AvgIpc) is 3.02. The van der Waals surface area contributed by atoms with Gasteiger partial charge in [0, 0.05) is 37.9 Å². The Kier molecular flexibility index (Phi) is 8.54. The molecule has 2 saturated heterocycles. The van der Waals surface area contributed by atoms with Crippen LogP contribution in [0.4, 0.5) is 11.5 Å². The highest BCUT2D eigenvalue weighted by molar-refractivity contribution is 5.94. The Morgan fingerprint density at radius 3 is 2.12 bits per heavy atom. The van der Waals surface area contributed by atoms with E-state index in [4.69, 9.17) is 0 Å². The molecule has 2 amide bonds. The molecule has 43 heavy (non-hydrogen) atoms. The van der Waals surface area contributed by atoms with Crippen molar-refractivity contribution in [3.8, 4) is 0 Å². The van der Waals surface area contributed by atoms with Crippen molar-refractivity contribution in [1.29, 1.82) is 0 Å². The first-order valence-corrected chi connectivity index (χ1v) is 14.9. The number of carbonyl (C=O) groups excluding carboxylic acids is 3. The number of likely N-dealkylation sites (tertiary alicyclic amines) is 1. The first-order valence-electron chi connectivity index (χ1n) is 14.9. The fourth-order valence-electron chi connectivity index (χ4n) is 6.04. The lowest BCUT2D eigenvalue weighted by atomic mass is 9.82. The first kappa shape index (κ1) is 28.3. The van der Waals surface area contributed by atoms with E-state index in [0.29, 0.717) is 32.5 Å². The Morgan fingerprint density at radius 2 is 1.47 bits per heavy atom. The first-order chi connectivity index (χ1) is 21.0. The van der Waals surface area contributed by atoms with Crippen LogP contribution in [0.3, 0.4) is 0 Å². The van der Waals surface area contributed by atoms with Gasteiger partial charge < -0.3 is 15.1 Å². The lowest BCUT2D eigenvalue weighted by molar-refractivity contribution is -0.141. The number of carbonyl (C=O) groups is 3. The third-order valence-electron chi connectivity index (χ3n) is 8.50. The SMILES string of the molecule is O=C(Nc1ccc(C2CCN(C(=O)Cc3ccccc3)C(C(=O)Cc3ccccc3)C2)cc1)C1CN(c2cccnn2)C1. The molecule has 1 aromatic heterocycles. The van der Waals surface area contributed by atoms with Gasteiger partial charge in [-0.05, 0) is 59.7 Å². The molecule has 3 heterocycles. The minimum Gasteiger partial charge on any atom is -0.353 e. The molecule has 2 aliphatic rings. The molecule has 0 radical (unpaired) electrons. The summed E-state index contributed by atoms with van der Waals surface area (Å²) >= 11 is 0. The summed E-state index contributed by atoms with van der Waals surface area (Å²) in [4.78, 5) is 43.7. The van der Waals surface area contributed by atoms with E-state index in [1.807, 2.05) is 102 Å². The molecular weight excluding hydrogens is 538 g/mol. The molecule has 1 N–H and O–H groups in total. The number of rotatable bonds is 9. The van der Waals surface area contributed by atoms with Crippen molar-refractivity contribution in [1.82, 2.24) is 15.1 Å². The van der Waals surface area contributed by atoms with Crippen LogP contribution in [0.5, 0.6) is 0 Å². The van der Waals surface area contributed by atoms with Crippen LogP contribution in [0.2, 0.25) is 0 Å². The van der Waals surface area contributed by atoms with Crippen LogP contribution in [0.25, 0.3) is 0 Å². The maximum Gasteiger partial charge on any atom is 0.231 e. The number of piperidine rings is 1. The van der Waals surface area contributed by atoms with Gasteiger partial charge in [-0.15, -0.1) is 5.10 Å². The van der Waals surface area contributed by atoms with Gasteiger partial charge in [-0.25, -0.2) is 0 Å². The van der Waals surface area contributed by atoms with Gasteiger partial charge in [0.05, 0.1) is 18.4 Å². The number of hydrogen-bond donors (Lipinski definition) is 1. The van der Waals surface area contributed by atoms with Gasteiger partial charge in [0.15, 0.2) is 11.6 Å². The number of nitrogens with zero attached hydrogens (tertiary/aromatic N) is 4. The Hall–Kier alpha value is -4.85. The molecule has 0 spiro atoms. The third-order valence-corrected chi connectivity index (χ3v) is 8.50. The van der Waals surface area contributed by atoms with Gasteiger partial charge in [0.25, 0.3) is 0 Å². The average molecular weight is 574 g/mol. The molecule has 4 aromatic rings. The number of Topliss-reactive ketones (excluding diaryl/α,β-unsaturated/α-hetero) is 1. The number of benzene rings is 3. The van der Waals surface area contributed by atoms with Crippen LogP contribution in [-0.4, -0.2) is 58.4 Å². The summed E-state index contributed by atoms with van der Waals surface area (Å²) in [5.41, 5.74) is 3.77. The van der Waals surface area contributed by atoms with E-state index in [1.54, 1.807) is 11.1 Å². The zero-order valence-electron chi connectivity index (χ0n) is 24.0. The Labute approximate surface area is 251 Å². The Bertz CT molecular complexity index is 1540. The van der Waals surface area contributed by atoms with Crippen molar-refractivity contribution in [3.63, 3.8) is 0 Å². The number of hydrogen-bond acceptors (Lipinski definition) is 6. The molecule has 8 heteroatoms. The highest BCUT2D eigenvalue weighted by atomic mass is 16.2. The zero-order valence-corrected chi connectivity index (χ0v) is 24.0. The number of amides is 2. The van der Waals surface area contributed by atoms with Gasteiger partial charge in [-0.3, -0.25) is 14.4 Å². The van der Waals surface area contributed by atoms with E-state index < -0.39 is 6.04 Å². The van der Waals surface area contributed by atoms with Crippen LogP contribution >= 0.6 is 0 Å².